The van der Waals surface area contributed by atoms with Crippen LogP contribution in [0.4, 0.5) is 11.4 Å². The number of carbonyl (C=O) groups is 1. The van der Waals surface area contributed by atoms with Crippen molar-refractivity contribution in [3.05, 3.63) is 32.7 Å². The number of nitro groups is 1. The highest BCUT2D eigenvalue weighted by atomic mass is 127. The second-order valence-electron chi connectivity index (χ2n) is 4.20. The van der Waals surface area contributed by atoms with Crippen molar-refractivity contribution in [2.24, 2.45) is 14.1 Å². The summed E-state index contributed by atoms with van der Waals surface area (Å²) < 4.78 is 2.88. The summed E-state index contributed by atoms with van der Waals surface area (Å²) in [5.41, 5.74) is 0.525. The zero-order chi connectivity index (χ0) is 15.0. The number of benzene rings is 1. The monoisotopic (exact) mass is 390 g/mol. The van der Waals surface area contributed by atoms with Crippen molar-refractivity contribution in [1.82, 2.24) is 9.13 Å². The second kappa shape index (κ2) is 5.23. The Labute approximate surface area is 126 Å². The first-order valence-electron chi connectivity index (χ1n) is 5.56. The van der Waals surface area contributed by atoms with Crippen LogP contribution >= 0.6 is 22.6 Å². The van der Waals surface area contributed by atoms with Gasteiger partial charge in [0, 0.05) is 20.2 Å². The molecule has 2 aromatic rings. The van der Waals surface area contributed by atoms with Gasteiger partial charge in [-0.25, -0.2) is 4.79 Å². The number of halogens is 1. The number of amides is 1. The molecule has 0 unspecified atom stereocenters. The number of alkyl halides is 1. The molecular weight excluding hydrogens is 379 g/mol. The Hall–Kier alpha value is -1.91. The van der Waals surface area contributed by atoms with E-state index in [0.717, 1.165) is 0 Å². The maximum Gasteiger partial charge on any atom is 0.328 e. The fraction of sp³-hybridized carbons (Fsp3) is 0.273. The summed E-state index contributed by atoms with van der Waals surface area (Å²) in [6, 6.07) is 2.73. The van der Waals surface area contributed by atoms with E-state index in [1.165, 1.54) is 28.3 Å². The lowest BCUT2D eigenvalue weighted by Crippen LogP contribution is -2.19. The number of rotatable bonds is 3. The van der Waals surface area contributed by atoms with Crippen molar-refractivity contribution >= 4 is 50.9 Å². The van der Waals surface area contributed by atoms with Gasteiger partial charge in [0.15, 0.2) is 0 Å². The summed E-state index contributed by atoms with van der Waals surface area (Å²) in [6.45, 7) is 0. The van der Waals surface area contributed by atoms with Gasteiger partial charge in [0.25, 0.3) is 5.69 Å². The summed E-state index contributed by atoms with van der Waals surface area (Å²) in [4.78, 5) is 33.8. The summed E-state index contributed by atoms with van der Waals surface area (Å²) in [7, 11) is 3.11. The lowest BCUT2D eigenvalue weighted by Gasteiger charge is -2.05. The molecule has 1 aromatic heterocycles. The third-order valence-corrected chi connectivity index (χ3v) is 3.67. The Morgan fingerprint density at radius 1 is 1.35 bits per heavy atom. The molecule has 0 radical (unpaired) electrons. The molecule has 1 N–H and O–H groups in total. The first kappa shape index (κ1) is 14.5. The van der Waals surface area contributed by atoms with E-state index in [0.29, 0.717) is 11.0 Å². The summed E-state index contributed by atoms with van der Waals surface area (Å²) >= 11 is 1.86. The zero-order valence-electron chi connectivity index (χ0n) is 10.7. The topological polar surface area (TPSA) is 99.2 Å². The molecule has 0 saturated carbocycles. The Bertz CT molecular complexity index is 777. The number of carbonyl (C=O) groups excluding carboxylic acids is 1. The number of nitro benzene ring substituents is 1. The Morgan fingerprint density at radius 2 is 1.90 bits per heavy atom. The van der Waals surface area contributed by atoms with Crippen molar-refractivity contribution in [3.63, 3.8) is 0 Å². The summed E-state index contributed by atoms with van der Waals surface area (Å²) in [5, 5.41) is 13.6. The first-order chi connectivity index (χ1) is 9.36. The van der Waals surface area contributed by atoms with E-state index in [1.54, 1.807) is 7.05 Å². The summed E-state index contributed by atoms with van der Waals surface area (Å²) in [6.07, 6.45) is 0. The number of nitrogens with one attached hydrogen (secondary N) is 1. The molecule has 1 amide bonds. The van der Waals surface area contributed by atoms with Crippen LogP contribution in [-0.2, 0) is 18.9 Å². The molecule has 106 valence electrons. The molecule has 0 bridgehead atoms. The highest BCUT2D eigenvalue weighted by Gasteiger charge is 2.20. The molecule has 0 spiro atoms. The van der Waals surface area contributed by atoms with Crippen molar-refractivity contribution in [2.45, 2.75) is 0 Å². The van der Waals surface area contributed by atoms with E-state index >= 15 is 0 Å². The molecular formula is C11H11IN4O4. The van der Waals surface area contributed by atoms with Gasteiger partial charge < -0.3 is 5.32 Å². The number of fused-ring (bicyclic) bond motifs is 1. The average Bonchev–Trinajstić information content (AvgIpc) is 2.62. The minimum Gasteiger partial charge on any atom is -0.320 e. The molecule has 0 atom stereocenters. The van der Waals surface area contributed by atoms with Crippen molar-refractivity contribution in [3.8, 4) is 0 Å². The van der Waals surface area contributed by atoms with Crippen LogP contribution in [0, 0.1) is 10.1 Å². The van der Waals surface area contributed by atoms with Crippen molar-refractivity contribution in [1.29, 1.82) is 0 Å². The van der Waals surface area contributed by atoms with Crippen LogP contribution in [-0.4, -0.2) is 24.4 Å². The zero-order valence-corrected chi connectivity index (χ0v) is 12.9. The lowest BCUT2D eigenvalue weighted by molar-refractivity contribution is -0.383. The highest BCUT2D eigenvalue weighted by Crippen LogP contribution is 2.29. The van der Waals surface area contributed by atoms with Crippen molar-refractivity contribution < 1.29 is 9.72 Å². The van der Waals surface area contributed by atoms with E-state index in [9.17, 15) is 19.7 Å². The van der Waals surface area contributed by atoms with E-state index in [1.807, 2.05) is 22.6 Å². The van der Waals surface area contributed by atoms with Gasteiger partial charge in [0.05, 0.1) is 20.4 Å². The molecule has 1 heterocycles. The molecule has 0 aliphatic heterocycles. The lowest BCUT2D eigenvalue weighted by atomic mass is 10.2. The maximum atomic E-state index is 11.8. The number of anilines is 1. The smallest absolute Gasteiger partial charge is 0.320 e. The highest BCUT2D eigenvalue weighted by molar-refractivity contribution is 14.1. The second-order valence-corrected chi connectivity index (χ2v) is 4.96. The van der Waals surface area contributed by atoms with Crippen LogP contribution < -0.4 is 11.0 Å². The molecule has 20 heavy (non-hydrogen) atoms. The van der Waals surface area contributed by atoms with Gasteiger partial charge in [-0.05, 0) is 6.07 Å². The fourth-order valence-corrected chi connectivity index (χ4v) is 2.16. The van der Waals surface area contributed by atoms with Crippen LogP contribution in [0.15, 0.2) is 16.9 Å². The number of hydrogen-bond donors (Lipinski definition) is 1. The van der Waals surface area contributed by atoms with Gasteiger partial charge in [0.1, 0.15) is 5.69 Å². The van der Waals surface area contributed by atoms with Gasteiger partial charge in [-0.15, -0.1) is 0 Å². The van der Waals surface area contributed by atoms with E-state index in [4.69, 9.17) is 0 Å². The normalized spacial score (nSPS) is 10.8. The number of hydrogen-bond acceptors (Lipinski definition) is 4. The molecule has 0 aliphatic rings. The number of nitrogens with zero attached hydrogens (tertiary/aromatic N) is 3. The quantitative estimate of drug-likeness (QED) is 0.368. The first-order valence-corrected chi connectivity index (χ1v) is 7.09. The van der Waals surface area contributed by atoms with Crippen molar-refractivity contribution in [2.75, 3.05) is 9.74 Å². The summed E-state index contributed by atoms with van der Waals surface area (Å²) in [5.74, 6) is -0.339. The molecule has 9 heteroatoms. The standard InChI is InChI=1S/C11H11IN4O4/c1-14-8-3-6(13-10(17)5-12)7(16(19)20)4-9(8)15(2)11(14)18/h3-4H,5H2,1-2H3,(H,13,17). The number of aromatic nitrogens is 2. The fourth-order valence-electron chi connectivity index (χ4n) is 1.97. The van der Waals surface area contributed by atoms with Crippen LogP contribution in [0.25, 0.3) is 11.0 Å². The van der Waals surface area contributed by atoms with Gasteiger partial charge in [-0.3, -0.25) is 24.0 Å². The SMILES string of the molecule is Cn1c(=O)n(C)c2cc([N+](=O)[O-])c(NC(=O)CI)cc21. The predicted octanol–water partition coefficient (Wildman–Crippen LogP) is 1.16. The maximum absolute atomic E-state index is 11.8. The number of imidazole rings is 1. The molecule has 8 nitrogen and oxygen atoms in total. The third kappa shape index (κ3) is 2.28. The predicted molar refractivity (Wildman–Crippen MR) is 82.3 cm³/mol. The third-order valence-electron chi connectivity index (χ3n) is 2.98. The van der Waals surface area contributed by atoms with Gasteiger partial charge >= 0.3 is 5.69 Å². The average molecular weight is 390 g/mol. The molecule has 2 rings (SSSR count). The van der Waals surface area contributed by atoms with Gasteiger partial charge in [0.2, 0.25) is 5.91 Å². The Morgan fingerprint density at radius 3 is 2.40 bits per heavy atom. The minimum atomic E-state index is -0.584. The van der Waals surface area contributed by atoms with E-state index in [2.05, 4.69) is 5.32 Å². The largest absolute Gasteiger partial charge is 0.328 e. The minimum absolute atomic E-state index is 0.0883. The van der Waals surface area contributed by atoms with Crippen LogP contribution in [0.2, 0.25) is 0 Å². The molecule has 0 aliphatic carbocycles. The van der Waals surface area contributed by atoms with E-state index in [-0.39, 0.29) is 27.4 Å². The molecule has 0 saturated heterocycles. The van der Waals surface area contributed by atoms with Crippen LogP contribution in [0.1, 0.15) is 0 Å². The van der Waals surface area contributed by atoms with Gasteiger partial charge in [-0.2, -0.15) is 0 Å². The van der Waals surface area contributed by atoms with Crippen LogP contribution in [0.5, 0.6) is 0 Å². The Kier molecular flexibility index (Phi) is 3.79. The number of aryl methyl sites for hydroxylation is 2. The van der Waals surface area contributed by atoms with Gasteiger partial charge in [-0.1, -0.05) is 22.6 Å². The van der Waals surface area contributed by atoms with Crippen LogP contribution in [0.3, 0.4) is 0 Å². The molecule has 1 aromatic carbocycles. The Balaban J connectivity index is 2.76. The van der Waals surface area contributed by atoms with E-state index < -0.39 is 4.92 Å². The molecule has 0 fully saturated rings.